The Morgan fingerprint density at radius 3 is 3.25 bits per heavy atom. The molecule has 0 spiro atoms. The average molecular weight is 109 g/mol. The molecule has 0 bridgehead atoms. The van der Waals surface area contributed by atoms with E-state index in [0.717, 1.165) is 6.54 Å². The van der Waals surface area contributed by atoms with Crippen molar-refractivity contribution in [1.29, 1.82) is 0 Å². The molecule has 0 amide bonds. The maximum absolute atomic E-state index is 3.15. The standard InChI is InChI=1S/C7H11N/c1-7-4-2-3-5-8-6-7/h2-5,7-8H,6H2,1H3. The van der Waals surface area contributed by atoms with E-state index in [0.29, 0.717) is 5.92 Å². The van der Waals surface area contributed by atoms with Crippen molar-refractivity contribution in [1.82, 2.24) is 5.32 Å². The van der Waals surface area contributed by atoms with Crippen LogP contribution in [0, 0.1) is 5.92 Å². The first kappa shape index (κ1) is 5.42. The molecule has 0 aromatic heterocycles. The zero-order valence-corrected chi connectivity index (χ0v) is 5.09. The maximum Gasteiger partial charge on any atom is 0.0201 e. The van der Waals surface area contributed by atoms with E-state index in [2.05, 4.69) is 24.4 Å². The first-order valence-electron chi connectivity index (χ1n) is 2.96. The lowest BCUT2D eigenvalue weighted by Crippen LogP contribution is -2.11. The molecular weight excluding hydrogens is 98.1 g/mol. The number of hydrogen-bond acceptors (Lipinski definition) is 1. The molecule has 0 fully saturated rings. The average Bonchev–Trinajstić information content (AvgIpc) is 1.94. The molecule has 44 valence electrons. The van der Waals surface area contributed by atoms with Gasteiger partial charge in [-0.3, -0.25) is 0 Å². The number of nitrogens with one attached hydrogen (secondary N) is 1. The lowest BCUT2D eigenvalue weighted by atomic mass is 10.2. The molecule has 0 saturated carbocycles. The summed E-state index contributed by atoms with van der Waals surface area (Å²) in [6, 6.07) is 0. The summed E-state index contributed by atoms with van der Waals surface area (Å²) in [5.41, 5.74) is 0. The summed E-state index contributed by atoms with van der Waals surface area (Å²) in [6.45, 7) is 3.25. The third-order valence-corrected chi connectivity index (χ3v) is 1.20. The van der Waals surface area contributed by atoms with Gasteiger partial charge >= 0.3 is 0 Å². The van der Waals surface area contributed by atoms with Crippen LogP contribution in [0.25, 0.3) is 0 Å². The predicted octanol–water partition coefficient (Wildman–Crippen LogP) is 1.30. The van der Waals surface area contributed by atoms with Gasteiger partial charge < -0.3 is 5.32 Å². The Morgan fingerprint density at radius 2 is 2.38 bits per heavy atom. The molecule has 1 atom stereocenters. The third-order valence-electron chi connectivity index (χ3n) is 1.20. The van der Waals surface area contributed by atoms with Crippen LogP contribution < -0.4 is 5.32 Å². The molecule has 1 aliphatic rings. The third kappa shape index (κ3) is 1.41. The Morgan fingerprint density at radius 1 is 1.50 bits per heavy atom. The maximum atomic E-state index is 3.15. The summed E-state index contributed by atoms with van der Waals surface area (Å²) in [5, 5.41) is 3.15. The highest BCUT2D eigenvalue weighted by Crippen LogP contribution is 1.97. The topological polar surface area (TPSA) is 12.0 Å². The normalized spacial score (nSPS) is 26.9. The fourth-order valence-electron chi connectivity index (χ4n) is 0.699. The molecular formula is C7H11N. The Hall–Kier alpha value is -0.720. The summed E-state index contributed by atoms with van der Waals surface area (Å²) in [6.07, 6.45) is 8.25. The van der Waals surface area contributed by atoms with Gasteiger partial charge in [-0.05, 0) is 18.2 Å². The van der Waals surface area contributed by atoms with Crippen molar-refractivity contribution in [3.8, 4) is 0 Å². The zero-order chi connectivity index (χ0) is 5.82. The second kappa shape index (κ2) is 2.55. The van der Waals surface area contributed by atoms with Crippen LogP contribution >= 0.6 is 0 Å². The number of allylic oxidation sites excluding steroid dienone is 2. The van der Waals surface area contributed by atoms with Crippen molar-refractivity contribution in [2.75, 3.05) is 6.54 Å². The van der Waals surface area contributed by atoms with Gasteiger partial charge in [-0.1, -0.05) is 19.1 Å². The highest BCUT2D eigenvalue weighted by atomic mass is 14.8. The van der Waals surface area contributed by atoms with Gasteiger partial charge in [0.25, 0.3) is 0 Å². The van der Waals surface area contributed by atoms with Crippen molar-refractivity contribution < 1.29 is 0 Å². The largest absolute Gasteiger partial charge is 0.390 e. The quantitative estimate of drug-likeness (QED) is 0.494. The molecule has 0 radical (unpaired) electrons. The Kier molecular flexibility index (Phi) is 1.73. The Bertz CT molecular complexity index is 114. The van der Waals surface area contributed by atoms with Gasteiger partial charge in [0.15, 0.2) is 0 Å². The van der Waals surface area contributed by atoms with Crippen molar-refractivity contribution >= 4 is 0 Å². The van der Waals surface area contributed by atoms with Crippen LogP contribution in [0.5, 0.6) is 0 Å². The number of hydrogen-bond donors (Lipinski definition) is 1. The van der Waals surface area contributed by atoms with Gasteiger partial charge in [0, 0.05) is 6.54 Å². The first-order chi connectivity index (χ1) is 3.89. The molecule has 0 aliphatic carbocycles. The van der Waals surface area contributed by atoms with E-state index in [4.69, 9.17) is 0 Å². The Labute approximate surface area is 50.1 Å². The van der Waals surface area contributed by atoms with Gasteiger partial charge in [-0.2, -0.15) is 0 Å². The van der Waals surface area contributed by atoms with Crippen molar-refractivity contribution in [2.24, 2.45) is 5.92 Å². The van der Waals surface area contributed by atoms with E-state index in [9.17, 15) is 0 Å². The lowest BCUT2D eigenvalue weighted by molar-refractivity contribution is 0.677. The van der Waals surface area contributed by atoms with Crippen LogP contribution in [0.2, 0.25) is 0 Å². The van der Waals surface area contributed by atoms with Crippen LogP contribution in [0.4, 0.5) is 0 Å². The van der Waals surface area contributed by atoms with Crippen molar-refractivity contribution in [2.45, 2.75) is 6.92 Å². The first-order valence-corrected chi connectivity index (χ1v) is 2.96. The van der Waals surface area contributed by atoms with Crippen molar-refractivity contribution in [3.05, 3.63) is 24.4 Å². The van der Waals surface area contributed by atoms with E-state index in [1.807, 2.05) is 12.3 Å². The summed E-state index contributed by atoms with van der Waals surface area (Å²) in [4.78, 5) is 0. The lowest BCUT2D eigenvalue weighted by Gasteiger charge is -2.01. The van der Waals surface area contributed by atoms with E-state index in [1.165, 1.54) is 0 Å². The highest BCUT2D eigenvalue weighted by Gasteiger charge is 1.93. The van der Waals surface area contributed by atoms with Gasteiger partial charge in [-0.15, -0.1) is 0 Å². The second-order valence-electron chi connectivity index (χ2n) is 2.13. The molecule has 1 nitrogen and oxygen atoms in total. The van der Waals surface area contributed by atoms with Gasteiger partial charge in [-0.25, -0.2) is 0 Å². The highest BCUT2D eigenvalue weighted by molar-refractivity contribution is 5.06. The minimum Gasteiger partial charge on any atom is -0.390 e. The Balaban J connectivity index is 2.46. The minimum atomic E-state index is 0.671. The molecule has 1 heteroatoms. The molecule has 1 unspecified atom stereocenters. The van der Waals surface area contributed by atoms with Gasteiger partial charge in [0.05, 0.1) is 0 Å². The molecule has 1 aliphatic heterocycles. The van der Waals surface area contributed by atoms with Crippen LogP contribution in [0.15, 0.2) is 24.4 Å². The van der Waals surface area contributed by atoms with Gasteiger partial charge in [0.2, 0.25) is 0 Å². The molecule has 1 heterocycles. The molecule has 1 rings (SSSR count). The summed E-state index contributed by atoms with van der Waals surface area (Å²) < 4.78 is 0. The summed E-state index contributed by atoms with van der Waals surface area (Å²) >= 11 is 0. The zero-order valence-electron chi connectivity index (χ0n) is 5.09. The molecule has 0 aromatic carbocycles. The van der Waals surface area contributed by atoms with Gasteiger partial charge in [0.1, 0.15) is 0 Å². The molecule has 8 heavy (non-hydrogen) atoms. The second-order valence-corrected chi connectivity index (χ2v) is 2.13. The van der Waals surface area contributed by atoms with Crippen LogP contribution in [-0.2, 0) is 0 Å². The smallest absolute Gasteiger partial charge is 0.0201 e. The molecule has 0 saturated heterocycles. The van der Waals surface area contributed by atoms with E-state index >= 15 is 0 Å². The van der Waals surface area contributed by atoms with E-state index in [-0.39, 0.29) is 0 Å². The predicted molar refractivity (Wildman–Crippen MR) is 35.4 cm³/mol. The van der Waals surface area contributed by atoms with Crippen molar-refractivity contribution in [3.63, 3.8) is 0 Å². The summed E-state index contributed by atoms with van der Waals surface area (Å²) in [5.74, 6) is 0.671. The van der Waals surface area contributed by atoms with Crippen LogP contribution in [0.3, 0.4) is 0 Å². The molecule has 1 N–H and O–H groups in total. The van der Waals surface area contributed by atoms with E-state index in [1.54, 1.807) is 0 Å². The van der Waals surface area contributed by atoms with Crippen LogP contribution in [-0.4, -0.2) is 6.54 Å². The van der Waals surface area contributed by atoms with Crippen LogP contribution in [0.1, 0.15) is 6.92 Å². The van der Waals surface area contributed by atoms with E-state index < -0.39 is 0 Å². The number of rotatable bonds is 0. The SMILES string of the molecule is CC1C=CC=CNC1. The minimum absolute atomic E-state index is 0.671. The fourth-order valence-corrected chi connectivity index (χ4v) is 0.699. The summed E-state index contributed by atoms with van der Waals surface area (Å²) in [7, 11) is 0. The molecule has 0 aromatic rings. The monoisotopic (exact) mass is 109 g/mol. The fraction of sp³-hybridized carbons (Fsp3) is 0.429.